The van der Waals surface area contributed by atoms with E-state index in [0.717, 1.165) is 6.54 Å². The van der Waals surface area contributed by atoms with Crippen LogP contribution in [0.15, 0.2) is 10.8 Å². The Kier molecular flexibility index (Phi) is 1.83. The minimum absolute atomic E-state index is 0.289. The van der Waals surface area contributed by atoms with Gasteiger partial charge in [-0.1, -0.05) is 13.8 Å². The lowest BCUT2D eigenvalue weighted by molar-refractivity contribution is 0.502. The Morgan fingerprint density at radius 1 is 1.46 bits per heavy atom. The molecule has 72 valence electrons. The Bertz CT molecular complexity index is 327. The molecule has 1 aliphatic carbocycles. The number of hydrogen-bond acceptors (Lipinski definition) is 2. The van der Waals surface area contributed by atoms with Crippen LogP contribution >= 0.6 is 11.3 Å². The van der Waals surface area contributed by atoms with Crippen molar-refractivity contribution in [2.24, 2.45) is 11.1 Å². The van der Waals surface area contributed by atoms with Crippen molar-refractivity contribution in [2.75, 3.05) is 6.54 Å². The van der Waals surface area contributed by atoms with E-state index >= 15 is 0 Å². The summed E-state index contributed by atoms with van der Waals surface area (Å²) in [5.41, 5.74) is 9.52. The highest BCUT2D eigenvalue weighted by Gasteiger charge is 2.61. The minimum Gasteiger partial charge on any atom is -0.330 e. The zero-order chi connectivity index (χ0) is 9.69. The van der Waals surface area contributed by atoms with Crippen molar-refractivity contribution in [3.63, 3.8) is 0 Å². The lowest BCUT2D eigenvalue weighted by Gasteiger charge is -2.18. The zero-order valence-corrected chi connectivity index (χ0v) is 9.37. The van der Waals surface area contributed by atoms with Crippen molar-refractivity contribution in [2.45, 2.75) is 32.6 Å². The number of nitrogens with two attached hydrogens (primary N) is 1. The van der Waals surface area contributed by atoms with E-state index in [1.165, 1.54) is 17.5 Å². The van der Waals surface area contributed by atoms with E-state index in [1.54, 1.807) is 11.3 Å². The van der Waals surface area contributed by atoms with Crippen LogP contribution < -0.4 is 5.73 Å². The Labute approximate surface area is 84.0 Å². The van der Waals surface area contributed by atoms with E-state index in [1.807, 2.05) is 0 Å². The zero-order valence-electron chi connectivity index (χ0n) is 8.55. The van der Waals surface area contributed by atoms with Gasteiger partial charge in [0.15, 0.2) is 0 Å². The van der Waals surface area contributed by atoms with Crippen LogP contribution in [-0.4, -0.2) is 6.54 Å². The summed E-state index contributed by atoms with van der Waals surface area (Å²) in [6.07, 6.45) is 1.24. The van der Waals surface area contributed by atoms with Crippen molar-refractivity contribution in [3.8, 4) is 0 Å². The number of aryl methyl sites for hydroxylation is 1. The molecular formula is C11H17NS. The average molecular weight is 195 g/mol. The monoisotopic (exact) mass is 195 g/mol. The Balaban J connectivity index is 2.41. The van der Waals surface area contributed by atoms with Crippen LogP contribution in [0, 0.1) is 12.3 Å². The molecule has 0 bridgehead atoms. The summed E-state index contributed by atoms with van der Waals surface area (Å²) in [5.74, 6) is 0. The molecule has 0 saturated heterocycles. The van der Waals surface area contributed by atoms with Gasteiger partial charge in [-0.25, -0.2) is 0 Å². The van der Waals surface area contributed by atoms with Crippen molar-refractivity contribution in [3.05, 3.63) is 21.9 Å². The van der Waals surface area contributed by atoms with E-state index in [-0.39, 0.29) is 5.41 Å². The van der Waals surface area contributed by atoms with Gasteiger partial charge in [-0.05, 0) is 40.6 Å². The summed E-state index contributed by atoms with van der Waals surface area (Å²) in [6, 6.07) is 0. The van der Waals surface area contributed by atoms with Crippen molar-refractivity contribution >= 4 is 11.3 Å². The fourth-order valence-electron chi connectivity index (χ4n) is 2.48. The van der Waals surface area contributed by atoms with Gasteiger partial charge in [-0.2, -0.15) is 11.3 Å². The van der Waals surface area contributed by atoms with E-state index < -0.39 is 0 Å². The van der Waals surface area contributed by atoms with E-state index in [9.17, 15) is 0 Å². The molecule has 0 spiro atoms. The third-order valence-electron chi connectivity index (χ3n) is 3.63. The fourth-order valence-corrected chi connectivity index (χ4v) is 3.43. The molecular weight excluding hydrogens is 178 g/mol. The van der Waals surface area contributed by atoms with Crippen LogP contribution in [0.4, 0.5) is 0 Å². The molecule has 1 heterocycles. The first-order valence-electron chi connectivity index (χ1n) is 4.77. The van der Waals surface area contributed by atoms with Gasteiger partial charge in [0.05, 0.1) is 0 Å². The quantitative estimate of drug-likeness (QED) is 0.771. The highest BCUT2D eigenvalue weighted by molar-refractivity contribution is 7.08. The van der Waals surface area contributed by atoms with Gasteiger partial charge in [0, 0.05) is 12.0 Å². The summed E-state index contributed by atoms with van der Waals surface area (Å²) >= 11 is 1.79. The summed E-state index contributed by atoms with van der Waals surface area (Å²) in [7, 11) is 0. The highest BCUT2D eigenvalue weighted by atomic mass is 32.1. The molecule has 1 aromatic rings. The summed E-state index contributed by atoms with van der Waals surface area (Å²) in [6.45, 7) is 7.61. The maximum Gasteiger partial charge on any atom is 0.0143 e. The maximum absolute atomic E-state index is 5.91. The molecule has 13 heavy (non-hydrogen) atoms. The van der Waals surface area contributed by atoms with Gasteiger partial charge in [0.25, 0.3) is 0 Å². The molecule has 1 atom stereocenters. The first-order chi connectivity index (χ1) is 6.03. The molecule has 0 amide bonds. The van der Waals surface area contributed by atoms with Gasteiger partial charge >= 0.3 is 0 Å². The molecule has 2 heteroatoms. The SMILES string of the molecule is Cc1cscc1C1(CN)CC1(C)C. The lowest BCUT2D eigenvalue weighted by atomic mass is 9.88. The smallest absolute Gasteiger partial charge is 0.0143 e. The molecule has 1 aromatic heterocycles. The predicted octanol–water partition coefficient (Wildman–Crippen LogP) is 2.68. The molecule has 2 rings (SSSR count). The van der Waals surface area contributed by atoms with E-state index in [0.29, 0.717) is 5.41 Å². The van der Waals surface area contributed by atoms with Crippen LogP contribution in [-0.2, 0) is 5.41 Å². The second-order valence-electron chi connectivity index (χ2n) is 4.82. The summed E-state index contributed by atoms with van der Waals surface area (Å²) in [5, 5.41) is 4.50. The second kappa shape index (κ2) is 2.58. The van der Waals surface area contributed by atoms with Crippen LogP contribution in [0.1, 0.15) is 31.4 Å². The lowest BCUT2D eigenvalue weighted by Crippen LogP contribution is -2.25. The Hall–Kier alpha value is -0.340. The molecule has 1 fully saturated rings. The van der Waals surface area contributed by atoms with Crippen molar-refractivity contribution < 1.29 is 0 Å². The molecule has 1 saturated carbocycles. The fraction of sp³-hybridized carbons (Fsp3) is 0.636. The van der Waals surface area contributed by atoms with Gasteiger partial charge in [-0.15, -0.1) is 0 Å². The summed E-state index contributed by atoms with van der Waals surface area (Å²) in [4.78, 5) is 0. The molecule has 1 aliphatic rings. The third kappa shape index (κ3) is 1.09. The number of hydrogen-bond donors (Lipinski definition) is 1. The molecule has 0 radical (unpaired) electrons. The van der Waals surface area contributed by atoms with Crippen LogP contribution in [0.2, 0.25) is 0 Å². The van der Waals surface area contributed by atoms with Crippen LogP contribution in [0.5, 0.6) is 0 Å². The van der Waals surface area contributed by atoms with E-state index in [2.05, 4.69) is 31.5 Å². The highest BCUT2D eigenvalue weighted by Crippen LogP contribution is 2.64. The molecule has 0 aromatic carbocycles. The number of rotatable bonds is 2. The first kappa shape index (κ1) is 9.22. The van der Waals surface area contributed by atoms with Crippen molar-refractivity contribution in [1.29, 1.82) is 0 Å². The molecule has 1 unspecified atom stereocenters. The van der Waals surface area contributed by atoms with Gasteiger partial charge in [0.1, 0.15) is 0 Å². The van der Waals surface area contributed by atoms with E-state index in [4.69, 9.17) is 5.73 Å². The molecule has 1 nitrogen and oxygen atoms in total. The predicted molar refractivity (Wildman–Crippen MR) is 58.2 cm³/mol. The maximum atomic E-state index is 5.91. The normalized spacial score (nSPS) is 30.5. The Morgan fingerprint density at radius 2 is 2.08 bits per heavy atom. The van der Waals surface area contributed by atoms with Crippen molar-refractivity contribution in [1.82, 2.24) is 0 Å². The third-order valence-corrected chi connectivity index (χ3v) is 4.50. The standard InChI is InChI=1S/C11H17NS/c1-8-4-13-5-9(8)11(7-12)6-10(11,2)3/h4-5H,6-7,12H2,1-3H3. The minimum atomic E-state index is 0.289. The molecule has 0 aliphatic heterocycles. The first-order valence-corrected chi connectivity index (χ1v) is 5.71. The number of thiophene rings is 1. The van der Waals surface area contributed by atoms with Gasteiger partial charge in [-0.3, -0.25) is 0 Å². The van der Waals surface area contributed by atoms with Crippen LogP contribution in [0.3, 0.4) is 0 Å². The average Bonchev–Trinajstić information content (AvgIpc) is 2.43. The van der Waals surface area contributed by atoms with Gasteiger partial charge < -0.3 is 5.73 Å². The summed E-state index contributed by atoms with van der Waals surface area (Å²) < 4.78 is 0. The molecule has 2 N–H and O–H groups in total. The topological polar surface area (TPSA) is 26.0 Å². The Morgan fingerprint density at radius 3 is 2.38 bits per heavy atom. The van der Waals surface area contributed by atoms with Crippen LogP contribution in [0.25, 0.3) is 0 Å². The largest absolute Gasteiger partial charge is 0.330 e. The second-order valence-corrected chi connectivity index (χ2v) is 5.56. The van der Waals surface area contributed by atoms with Gasteiger partial charge in [0.2, 0.25) is 0 Å².